The highest BCUT2D eigenvalue weighted by Gasteiger charge is 2.29. The molecule has 1 aliphatic rings. The third-order valence-electron chi connectivity index (χ3n) is 4.24. The number of unbranched alkanes of at least 4 members (excludes halogenated alkanes) is 2. The first-order valence-corrected chi connectivity index (χ1v) is 7.14. The summed E-state index contributed by atoms with van der Waals surface area (Å²) in [5, 5.41) is 0. The number of hydrogen-bond donors (Lipinski definition) is 1. The van der Waals surface area contributed by atoms with Crippen molar-refractivity contribution < 1.29 is 0 Å². The van der Waals surface area contributed by atoms with Gasteiger partial charge in [0.15, 0.2) is 0 Å². The van der Waals surface area contributed by atoms with Crippen molar-refractivity contribution in [3.8, 4) is 0 Å². The Hall–Kier alpha value is -0.0800. The average Bonchev–Trinajstić information content (AvgIpc) is 2.30. The van der Waals surface area contributed by atoms with E-state index in [-0.39, 0.29) is 0 Å². The minimum atomic E-state index is 0.412. The summed E-state index contributed by atoms with van der Waals surface area (Å²) in [5.41, 5.74) is 6.26. The highest BCUT2D eigenvalue weighted by atomic mass is 15.1. The highest BCUT2D eigenvalue weighted by molar-refractivity contribution is 4.87. The van der Waals surface area contributed by atoms with Crippen LogP contribution in [0.15, 0.2) is 0 Å². The van der Waals surface area contributed by atoms with Gasteiger partial charge in [0.2, 0.25) is 0 Å². The molecule has 0 aliphatic heterocycles. The van der Waals surface area contributed by atoms with Crippen LogP contribution in [0.5, 0.6) is 0 Å². The number of nitrogens with two attached hydrogens (primary N) is 1. The van der Waals surface area contributed by atoms with Crippen molar-refractivity contribution in [3.05, 3.63) is 0 Å². The van der Waals surface area contributed by atoms with Crippen molar-refractivity contribution in [1.29, 1.82) is 0 Å². The first kappa shape index (κ1) is 14.0. The number of rotatable bonds is 6. The van der Waals surface area contributed by atoms with E-state index in [2.05, 4.69) is 25.8 Å². The third-order valence-corrected chi connectivity index (χ3v) is 4.24. The minimum absolute atomic E-state index is 0.412. The third kappa shape index (κ3) is 4.06. The zero-order valence-electron chi connectivity index (χ0n) is 11.4. The van der Waals surface area contributed by atoms with E-state index in [1.54, 1.807) is 0 Å². The van der Waals surface area contributed by atoms with Gasteiger partial charge in [-0.25, -0.2) is 0 Å². The summed E-state index contributed by atoms with van der Waals surface area (Å²) in [6.07, 6.45) is 9.20. The van der Waals surface area contributed by atoms with Crippen molar-refractivity contribution in [1.82, 2.24) is 4.90 Å². The van der Waals surface area contributed by atoms with E-state index in [1.165, 1.54) is 51.5 Å². The van der Waals surface area contributed by atoms with Gasteiger partial charge in [0.1, 0.15) is 0 Å². The SMILES string of the molecule is CCCCCN(C)C1CC(CC)CCC1N. The van der Waals surface area contributed by atoms with E-state index in [0.717, 1.165) is 5.92 Å². The van der Waals surface area contributed by atoms with Gasteiger partial charge < -0.3 is 10.6 Å². The molecule has 0 saturated heterocycles. The van der Waals surface area contributed by atoms with Gasteiger partial charge in [-0.05, 0) is 45.2 Å². The highest BCUT2D eigenvalue weighted by Crippen LogP contribution is 2.28. The summed E-state index contributed by atoms with van der Waals surface area (Å²) in [4.78, 5) is 2.52. The summed E-state index contributed by atoms with van der Waals surface area (Å²) in [6.45, 7) is 5.80. The van der Waals surface area contributed by atoms with Crippen molar-refractivity contribution in [2.24, 2.45) is 11.7 Å². The molecule has 1 rings (SSSR count). The molecule has 1 aliphatic carbocycles. The molecule has 96 valence electrons. The number of hydrogen-bond acceptors (Lipinski definition) is 2. The summed E-state index contributed by atoms with van der Waals surface area (Å²) >= 11 is 0. The second kappa shape index (κ2) is 7.29. The summed E-state index contributed by atoms with van der Waals surface area (Å²) < 4.78 is 0. The van der Waals surface area contributed by atoms with Gasteiger partial charge >= 0.3 is 0 Å². The maximum atomic E-state index is 6.26. The Kier molecular flexibility index (Phi) is 6.37. The standard InChI is InChI=1S/C14H30N2/c1-4-6-7-10-16(3)14-11-12(5-2)8-9-13(14)15/h12-14H,4-11,15H2,1-3H3. The fraction of sp³-hybridized carbons (Fsp3) is 1.00. The molecule has 1 saturated carbocycles. The van der Waals surface area contributed by atoms with Crippen molar-refractivity contribution in [2.45, 2.75) is 70.9 Å². The van der Waals surface area contributed by atoms with Crippen molar-refractivity contribution >= 4 is 0 Å². The Morgan fingerprint density at radius 1 is 1.19 bits per heavy atom. The lowest BCUT2D eigenvalue weighted by molar-refractivity contribution is 0.133. The van der Waals surface area contributed by atoms with Crippen LogP contribution in [0.25, 0.3) is 0 Å². The van der Waals surface area contributed by atoms with Gasteiger partial charge in [-0.15, -0.1) is 0 Å². The molecule has 1 fully saturated rings. The van der Waals surface area contributed by atoms with Crippen LogP contribution in [0, 0.1) is 5.92 Å². The number of likely N-dealkylation sites (N-methyl/N-ethyl adjacent to an activating group) is 1. The van der Waals surface area contributed by atoms with Gasteiger partial charge in [0.25, 0.3) is 0 Å². The van der Waals surface area contributed by atoms with Crippen LogP contribution < -0.4 is 5.73 Å². The Labute approximate surface area is 102 Å². The van der Waals surface area contributed by atoms with Crippen LogP contribution >= 0.6 is 0 Å². The molecule has 2 N–H and O–H groups in total. The quantitative estimate of drug-likeness (QED) is 0.705. The van der Waals surface area contributed by atoms with Crippen LogP contribution in [-0.2, 0) is 0 Å². The Balaban J connectivity index is 2.36. The van der Waals surface area contributed by atoms with E-state index in [9.17, 15) is 0 Å². The molecule has 0 radical (unpaired) electrons. The van der Waals surface area contributed by atoms with Crippen molar-refractivity contribution in [3.63, 3.8) is 0 Å². The molecular formula is C14H30N2. The van der Waals surface area contributed by atoms with E-state index < -0.39 is 0 Å². The van der Waals surface area contributed by atoms with Gasteiger partial charge in [-0.1, -0.05) is 33.1 Å². The molecule has 0 aromatic carbocycles. The zero-order valence-corrected chi connectivity index (χ0v) is 11.4. The lowest BCUT2D eigenvalue weighted by atomic mass is 9.81. The molecule has 2 nitrogen and oxygen atoms in total. The molecule has 0 aromatic heterocycles. The first-order valence-electron chi connectivity index (χ1n) is 7.14. The molecule has 0 heterocycles. The molecule has 3 atom stereocenters. The van der Waals surface area contributed by atoms with E-state index in [0.29, 0.717) is 12.1 Å². The van der Waals surface area contributed by atoms with Gasteiger partial charge in [0.05, 0.1) is 0 Å². The topological polar surface area (TPSA) is 29.3 Å². The first-order chi connectivity index (χ1) is 7.69. The average molecular weight is 226 g/mol. The molecular weight excluding hydrogens is 196 g/mol. The minimum Gasteiger partial charge on any atom is -0.326 e. The lowest BCUT2D eigenvalue weighted by Crippen LogP contribution is -2.50. The Bertz CT molecular complexity index is 182. The Morgan fingerprint density at radius 2 is 1.94 bits per heavy atom. The Morgan fingerprint density at radius 3 is 2.56 bits per heavy atom. The maximum absolute atomic E-state index is 6.26. The summed E-state index contributed by atoms with van der Waals surface area (Å²) in [7, 11) is 2.26. The van der Waals surface area contributed by atoms with Crippen LogP contribution in [0.4, 0.5) is 0 Å². The van der Waals surface area contributed by atoms with E-state index in [1.807, 2.05) is 0 Å². The van der Waals surface area contributed by atoms with E-state index in [4.69, 9.17) is 5.73 Å². The van der Waals surface area contributed by atoms with Gasteiger partial charge in [-0.3, -0.25) is 0 Å². The normalized spacial score (nSPS) is 30.9. The molecule has 16 heavy (non-hydrogen) atoms. The van der Waals surface area contributed by atoms with Crippen LogP contribution in [0.1, 0.15) is 58.8 Å². The summed E-state index contributed by atoms with van der Waals surface area (Å²) in [6, 6.07) is 1.05. The monoisotopic (exact) mass is 226 g/mol. The zero-order chi connectivity index (χ0) is 12.0. The van der Waals surface area contributed by atoms with Crippen LogP contribution in [0.2, 0.25) is 0 Å². The fourth-order valence-corrected chi connectivity index (χ4v) is 2.91. The molecule has 0 amide bonds. The molecule has 0 bridgehead atoms. The fourth-order valence-electron chi connectivity index (χ4n) is 2.91. The predicted molar refractivity (Wildman–Crippen MR) is 71.6 cm³/mol. The van der Waals surface area contributed by atoms with E-state index >= 15 is 0 Å². The number of nitrogens with zero attached hydrogens (tertiary/aromatic N) is 1. The van der Waals surface area contributed by atoms with Crippen LogP contribution in [-0.4, -0.2) is 30.6 Å². The summed E-state index contributed by atoms with van der Waals surface area (Å²) in [5.74, 6) is 0.915. The molecule has 0 spiro atoms. The largest absolute Gasteiger partial charge is 0.326 e. The second-order valence-corrected chi connectivity index (χ2v) is 5.51. The smallest absolute Gasteiger partial charge is 0.0246 e. The maximum Gasteiger partial charge on any atom is 0.0246 e. The molecule has 2 heteroatoms. The van der Waals surface area contributed by atoms with Gasteiger partial charge in [0, 0.05) is 12.1 Å². The van der Waals surface area contributed by atoms with Crippen LogP contribution in [0.3, 0.4) is 0 Å². The van der Waals surface area contributed by atoms with Crippen molar-refractivity contribution in [2.75, 3.05) is 13.6 Å². The molecule has 0 aromatic rings. The molecule has 3 unspecified atom stereocenters. The predicted octanol–water partition coefficient (Wildman–Crippen LogP) is 3.01. The second-order valence-electron chi connectivity index (χ2n) is 5.51. The lowest BCUT2D eigenvalue weighted by Gasteiger charge is -2.39. The van der Waals surface area contributed by atoms with Gasteiger partial charge in [-0.2, -0.15) is 0 Å².